The smallest absolute Gasteiger partial charge is 0.220 e. The standard InChI is InChI=1S/C39H56N4O/c1-6-8-10-11-12-13-14-15-16-22-36(44)40-28-30-23-25-31(26-24-30)29-43-35(21-9-7-2)42-37-34(27-39(3,4)5)41-33-20-18-17-19-32(33)38(37)43/h17-20,23-26H,6-16,21-22,27-29H2,1-5H3,(H,40,44). The number of aromatic nitrogens is 3. The van der Waals surface area contributed by atoms with Crippen molar-refractivity contribution in [3.8, 4) is 0 Å². The van der Waals surface area contributed by atoms with Crippen molar-refractivity contribution in [3.63, 3.8) is 0 Å². The first-order valence-electron chi connectivity index (χ1n) is 17.4. The number of hydrogen-bond donors (Lipinski definition) is 1. The number of amides is 1. The minimum atomic E-state index is 0.120. The van der Waals surface area contributed by atoms with Gasteiger partial charge in [0.1, 0.15) is 11.3 Å². The fourth-order valence-electron chi connectivity index (χ4n) is 6.10. The van der Waals surface area contributed by atoms with E-state index >= 15 is 0 Å². The number of carbonyl (C=O) groups is 1. The van der Waals surface area contributed by atoms with Crippen LogP contribution in [0, 0.1) is 5.41 Å². The normalized spacial score (nSPS) is 11.9. The summed E-state index contributed by atoms with van der Waals surface area (Å²) in [6.45, 7) is 12.7. The second kappa shape index (κ2) is 16.7. The van der Waals surface area contributed by atoms with Crippen LogP contribution >= 0.6 is 0 Å². The maximum Gasteiger partial charge on any atom is 0.220 e. The van der Waals surface area contributed by atoms with Crippen LogP contribution < -0.4 is 5.32 Å². The van der Waals surface area contributed by atoms with E-state index in [9.17, 15) is 4.79 Å². The van der Waals surface area contributed by atoms with Crippen molar-refractivity contribution in [3.05, 3.63) is 71.2 Å². The molecule has 4 rings (SSSR count). The first-order chi connectivity index (χ1) is 21.3. The zero-order chi connectivity index (χ0) is 31.4. The molecule has 0 saturated carbocycles. The monoisotopic (exact) mass is 596 g/mol. The number of imidazole rings is 1. The van der Waals surface area contributed by atoms with Gasteiger partial charge in [-0.25, -0.2) is 4.98 Å². The Morgan fingerprint density at radius 2 is 1.41 bits per heavy atom. The predicted molar refractivity (Wildman–Crippen MR) is 186 cm³/mol. The van der Waals surface area contributed by atoms with Gasteiger partial charge in [-0.15, -0.1) is 0 Å². The van der Waals surface area contributed by atoms with E-state index < -0.39 is 0 Å². The van der Waals surface area contributed by atoms with Crippen molar-refractivity contribution >= 4 is 27.8 Å². The van der Waals surface area contributed by atoms with Gasteiger partial charge in [-0.2, -0.15) is 0 Å². The molecule has 2 heterocycles. The van der Waals surface area contributed by atoms with Crippen LogP contribution in [0.2, 0.25) is 0 Å². The number of nitrogens with zero attached hydrogens (tertiary/aromatic N) is 3. The molecule has 4 aromatic rings. The van der Waals surface area contributed by atoms with Gasteiger partial charge in [-0.3, -0.25) is 9.78 Å². The van der Waals surface area contributed by atoms with Crippen LogP contribution in [0.1, 0.15) is 134 Å². The Balaban J connectivity index is 1.41. The molecule has 238 valence electrons. The summed E-state index contributed by atoms with van der Waals surface area (Å²) < 4.78 is 2.43. The van der Waals surface area contributed by atoms with Crippen LogP contribution in [0.4, 0.5) is 0 Å². The van der Waals surface area contributed by atoms with E-state index in [2.05, 4.69) is 93.0 Å². The number of benzene rings is 2. The molecule has 0 fully saturated rings. The summed E-state index contributed by atoms with van der Waals surface area (Å²) in [6, 6.07) is 17.2. The second-order valence-corrected chi connectivity index (χ2v) is 13.9. The first-order valence-corrected chi connectivity index (χ1v) is 17.4. The minimum absolute atomic E-state index is 0.120. The summed E-state index contributed by atoms with van der Waals surface area (Å²) in [5, 5.41) is 4.30. The number of unbranched alkanes of at least 4 members (excludes halogenated alkanes) is 9. The molecule has 0 aliphatic carbocycles. The van der Waals surface area contributed by atoms with Crippen LogP contribution in [-0.4, -0.2) is 20.4 Å². The van der Waals surface area contributed by atoms with Crippen molar-refractivity contribution in [2.45, 2.75) is 138 Å². The van der Waals surface area contributed by atoms with Crippen LogP contribution in [0.3, 0.4) is 0 Å². The summed E-state index contributed by atoms with van der Waals surface area (Å²) in [4.78, 5) is 22.8. The van der Waals surface area contributed by atoms with Gasteiger partial charge in [-0.05, 0) is 41.9 Å². The lowest BCUT2D eigenvalue weighted by Gasteiger charge is -2.18. The van der Waals surface area contributed by atoms with Crippen LogP contribution in [0.25, 0.3) is 21.9 Å². The molecule has 0 radical (unpaired) electrons. The Labute approximate surface area is 266 Å². The lowest BCUT2D eigenvalue weighted by molar-refractivity contribution is -0.121. The van der Waals surface area contributed by atoms with Crippen molar-refractivity contribution in [2.75, 3.05) is 0 Å². The number of fused-ring (bicyclic) bond motifs is 3. The highest BCUT2D eigenvalue weighted by molar-refractivity contribution is 6.03. The third-order valence-electron chi connectivity index (χ3n) is 8.55. The molecule has 2 aromatic heterocycles. The lowest BCUT2D eigenvalue weighted by Crippen LogP contribution is -2.22. The van der Waals surface area contributed by atoms with E-state index in [4.69, 9.17) is 9.97 Å². The molecule has 5 nitrogen and oxygen atoms in total. The molecule has 2 aromatic carbocycles. The maximum absolute atomic E-state index is 12.4. The Bertz CT molecular complexity index is 1460. The van der Waals surface area contributed by atoms with E-state index in [0.29, 0.717) is 13.0 Å². The number of hydrogen-bond acceptors (Lipinski definition) is 3. The highest BCUT2D eigenvalue weighted by atomic mass is 16.1. The van der Waals surface area contributed by atoms with Gasteiger partial charge in [0, 0.05) is 31.3 Å². The molecular weight excluding hydrogens is 540 g/mol. The number of nitrogens with one attached hydrogen (secondary N) is 1. The summed E-state index contributed by atoms with van der Waals surface area (Å²) in [6.07, 6.45) is 16.1. The second-order valence-electron chi connectivity index (χ2n) is 13.9. The van der Waals surface area contributed by atoms with Gasteiger partial charge in [0.15, 0.2) is 0 Å². The summed E-state index contributed by atoms with van der Waals surface area (Å²) in [7, 11) is 0. The zero-order valence-corrected chi connectivity index (χ0v) is 28.2. The molecule has 5 heteroatoms. The van der Waals surface area contributed by atoms with Gasteiger partial charge >= 0.3 is 0 Å². The van der Waals surface area contributed by atoms with Crippen molar-refractivity contribution in [1.29, 1.82) is 0 Å². The summed E-state index contributed by atoms with van der Waals surface area (Å²) >= 11 is 0. The highest BCUT2D eigenvalue weighted by Gasteiger charge is 2.22. The average molecular weight is 597 g/mol. The molecule has 0 atom stereocenters. The number of pyridine rings is 1. The highest BCUT2D eigenvalue weighted by Crippen LogP contribution is 2.32. The molecule has 0 aliphatic rings. The fraction of sp³-hybridized carbons (Fsp3) is 0.564. The predicted octanol–water partition coefficient (Wildman–Crippen LogP) is 10.1. The molecule has 0 spiro atoms. The topological polar surface area (TPSA) is 59.8 Å². The van der Waals surface area contributed by atoms with Gasteiger partial charge in [0.2, 0.25) is 5.91 Å². The van der Waals surface area contributed by atoms with Crippen LogP contribution in [0.5, 0.6) is 0 Å². The van der Waals surface area contributed by atoms with E-state index in [1.54, 1.807) is 0 Å². The zero-order valence-electron chi connectivity index (χ0n) is 28.2. The Morgan fingerprint density at radius 3 is 2.09 bits per heavy atom. The summed E-state index contributed by atoms with van der Waals surface area (Å²) in [5.74, 6) is 1.30. The van der Waals surface area contributed by atoms with Crippen molar-refractivity contribution in [2.24, 2.45) is 5.41 Å². The quantitative estimate of drug-likeness (QED) is 0.116. The van der Waals surface area contributed by atoms with Crippen molar-refractivity contribution < 1.29 is 4.79 Å². The molecule has 0 bridgehead atoms. The van der Waals surface area contributed by atoms with E-state index in [1.165, 1.54) is 61.4 Å². The van der Waals surface area contributed by atoms with Gasteiger partial charge in [0.05, 0.1) is 16.7 Å². The molecule has 0 saturated heterocycles. The summed E-state index contributed by atoms with van der Waals surface area (Å²) in [5.41, 5.74) is 6.88. The molecule has 1 N–H and O–H groups in total. The number of rotatable bonds is 18. The molecular formula is C39H56N4O. The van der Waals surface area contributed by atoms with Crippen LogP contribution in [-0.2, 0) is 30.7 Å². The third kappa shape index (κ3) is 9.90. The van der Waals surface area contributed by atoms with Crippen molar-refractivity contribution in [1.82, 2.24) is 19.9 Å². The first kappa shape index (κ1) is 33.7. The lowest BCUT2D eigenvalue weighted by atomic mass is 9.89. The molecule has 1 amide bonds. The van der Waals surface area contributed by atoms with Gasteiger partial charge in [-0.1, -0.05) is 135 Å². The van der Waals surface area contributed by atoms with E-state index in [-0.39, 0.29) is 11.3 Å². The minimum Gasteiger partial charge on any atom is -0.352 e. The molecule has 44 heavy (non-hydrogen) atoms. The Hall–Kier alpha value is -3.21. The average Bonchev–Trinajstić information content (AvgIpc) is 3.36. The van der Waals surface area contributed by atoms with Gasteiger partial charge < -0.3 is 9.88 Å². The molecule has 0 aliphatic heterocycles. The number of carbonyl (C=O) groups excluding carboxylic acids is 1. The van der Waals surface area contributed by atoms with Crippen LogP contribution in [0.15, 0.2) is 48.5 Å². The Morgan fingerprint density at radius 1 is 0.773 bits per heavy atom. The third-order valence-corrected chi connectivity index (χ3v) is 8.55. The Kier molecular flexibility index (Phi) is 12.8. The van der Waals surface area contributed by atoms with E-state index in [1.807, 2.05) is 0 Å². The molecule has 0 unspecified atom stereocenters. The number of aryl methyl sites for hydroxylation is 1. The van der Waals surface area contributed by atoms with Gasteiger partial charge in [0.25, 0.3) is 0 Å². The largest absolute Gasteiger partial charge is 0.352 e. The van der Waals surface area contributed by atoms with E-state index in [0.717, 1.165) is 73.2 Å². The SMILES string of the molecule is CCCCCCCCCCCC(=O)NCc1ccc(Cn2c(CCCC)nc3c(CC(C)(C)C)nc4ccccc4c32)cc1. The fourth-order valence-corrected chi connectivity index (χ4v) is 6.10. The maximum atomic E-state index is 12.4. The number of para-hydroxylation sites is 1.